The second kappa shape index (κ2) is 8.32. The van der Waals surface area contributed by atoms with E-state index in [2.05, 4.69) is 95.9 Å². The average Bonchev–Trinajstić information content (AvgIpc) is 3.24. The van der Waals surface area contributed by atoms with E-state index in [0.717, 1.165) is 16.8 Å². The molecule has 2 heterocycles. The summed E-state index contributed by atoms with van der Waals surface area (Å²) in [5, 5.41) is 15.2. The molecule has 7 nitrogen and oxygen atoms in total. The Morgan fingerprint density at radius 1 is 1.10 bits per heavy atom. The van der Waals surface area contributed by atoms with Gasteiger partial charge in [-0.2, -0.15) is 4.68 Å². The van der Waals surface area contributed by atoms with E-state index in [1.807, 2.05) is 4.90 Å². The zero-order valence-electron chi connectivity index (χ0n) is 17.1. The minimum absolute atomic E-state index is 0.106. The molecule has 0 bridgehead atoms. The maximum Gasteiger partial charge on any atom is 0.251 e. The SMILES string of the molecule is C=CCNC(=O)CN1C(c2ccc(C)cc2)=C[C@@H](c2ccc(C)cc2)n2nnnc21. The molecule has 1 aromatic heterocycles. The molecule has 0 saturated heterocycles. The molecule has 0 spiro atoms. The number of fused-ring (bicyclic) bond motifs is 1. The zero-order valence-corrected chi connectivity index (χ0v) is 17.1. The molecule has 1 atom stereocenters. The van der Waals surface area contributed by atoms with Gasteiger partial charge in [-0.15, -0.1) is 6.58 Å². The standard InChI is InChI=1S/C23H24N6O/c1-4-13-24-22(30)15-28-20(18-9-5-16(2)6-10-18)14-21(29-23(28)25-26-27-29)19-11-7-17(3)8-12-19/h4-12,14,21H,1,13,15H2,2-3H3,(H,24,30)/t21-/m0/s1. The number of carbonyl (C=O) groups is 1. The normalized spacial score (nSPS) is 15.3. The van der Waals surface area contributed by atoms with Gasteiger partial charge in [-0.1, -0.05) is 70.8 Å². The fourth-order valence-corrected chi connectivity index (χ4v) is 3.48. The first kappa shape index (κ1) is 19.6. The summed E-state index contributed by atoms with van der Waals surface area (Å²) in [6, 6.07) is 16.4. The number of allylic oxidation sites excluding steroid dienone is 1. The monoisotopic (exact) mass is 400 g/mol. The molecule has 0 radical (unpaired) electrons. The number of tetrazole rings is 1. The van der Waals surface area contributed by atoms with Crippen molar-refractivity contribution in [2.75, 3.05) is 18.0 Å². The van der Waals surface area contributed by atoms with Crippen LogP contribution in [0, 0.1) is 13.8 Å². The molecule has 1 aliphatic heterocycles. The largest absolute Gasteiger partial charge is 0.351 e. The molecule has 0 unspecified atom stereocenters. The van der Waals surface area contributed by atoms with E-state index in [4.69, 9.17) is 0 Å². The number of nitrogens with one attached hydrogen (secondary N) is 1. The van der Waals surface area contributed by atoms with E-state index < -0.39 is 0 Å². The molecule has 1 N–H and O–H groups in total. The van der Waals surface area contributed by atoms with Gasteiger partial charge in [0.25, 0.3) is 5.95 Å². The molecule has 4 rings (SSSR count). The van der Waals surface area contributed by atoms with Crippen LogP contribution in [0.5, 0.6) is 0 Å². The molecule has 2 aromatic carbocycles. The van der Waals surface area contributed by atoms with Crippen molar-refractivity contribution in [3.63, 3.8) is 0 Å². The summed E-state index contributed by atoms with van der Waals surface area (Å²) in [6.07, 6.45) is 3.77. The Kier molecular flexibility index (Phi) is 5.43. The van der Waals surface area contributed by atoms with Gasteiger partial charge in [0.1, 0.15) is 12.6 Å². The van der Waals surface area contributed by atoms with Gasteiger partial charge < -0.3 is 5.32 Å². The van der Waals surface area contributed by atoms with E-state index in [-0.39, 0.29) is 18.5 Å². The van der Waals surface area contributed by atoms with Crippen LogP contribution >= 0.6 is 0 Å². The number of anilines is 1. The summed E-state index contributed by atoms with van der Waals surface area (Å²) in [4.78, 5) is 14.4. The van der Waals surface area contributed by atoms with Crippen LogP contribution in [0.1, 0.15) is 28.3 Å². The minimum Gasteiger partial charge on any atom is -0.351 e. The van der Waals surface area contributed by atoms with Crippen LogP contribution < -0.4 is 10.2 Å². The van der Waals surface area contributed by atoms with Crippen LogP contribution in [0.2, 0.25) is 0 Å². The highest BCUT2D eigenvalue weighted by Crippen LogP contribution is 2.36. The van der Waals surface area contributed by atoms with E-state index in [1.165, 1.54) is 11.1 Å². The number of amides is 1. The van der Waals surface area contributed by atoms with Crippen molar-refractivity contribution in [2.45, 2.75) is 19.9 Å². The number of nitrogens with zero attached hydrogens (tertiary/aromatic N) is 5. The highest BCUT2D eigenvalue weighted by molar-refractivity contribution is 5.89. The smallest absolute Gasteiger partial charge is 0.251 e. The van der Waals surface area contributed by atoms with Gasteiger partial charge in [-0.05, 0) is 41.5 Å². The van der Waals surface area contributed by atoms with Crippen LogP contribution in [0.25, 0.3) is 5.70 Å². The maximum absolute atomic E-state index is 12.5. The number of aryl methyl sites for hydroxylation is 2. The van der Waals surface area contributed by atoms with Gasteiger partial charge in [0.15, 0.2) is 0 Å². The summed E-state index contributed by atoms with van der Waals surface area (Å²) in [7, 11) is 0. The number of hydrogen-bond donors (Lipinski definition) is 1. The number of carbonyl (C=O) groups excluding carboxylic acids is 1. The molecule has 7 heteroatoms. The molecule has 30 heavy (non-hydrogen) atoms. The Morgan fingerprint density at radius 2 is 1.77 bits per heavy atom. The first-order valence-corrected chi connectivity index (χ1v) is 9.85. The third kappa shape index (κ3) is 3.87. The summed E-state index contributed by atoms with van der Waals surface area (Å²) >= 11 is 0. The highest BCUT2D eigenvalue weighted by Gasteiger charge is 2.31. The Balaban J connectivity index is 1.79. The summed E-state index contributed by atoms with van der Waals surface area (Å²) < 4.78 is 1.75. The first-order chi connectivity index (χ1) is 14.6. The van der Waals surface area contributed by atoms with E-state index in [9.17, 15) is 4.79 Å². The summed E-state index contributed by atoms with van der Waals surface area (Å²) in [5.41, 5.74) is 5.34. The molecular weight excluding hydrogens is 376 g/mol. The van der Waals surface area contributed by atoms with Gasteiger partial charge in [0.05, 0.1) is 5.70 Å². The number of benzene rings is 2. The lowest BCUT2D eigenvalue weighted by Crippen LogP contribution is -2.40. The minimum atomic E-state index is -0.167. The van der Waals surface area contributed by atoms with Crippen LogP contribution in [-0.4, -0.2) is 39.2 Å². The van der Waals surface area contributed by atoms with Crippen LogP contribution in [0.15, 0.2) is 67.3 Å². The van der Waals surface area contributed by atoms with Gasteiger partial charge >= 0.3 is 0 Å². The topological polar surface area (TPSA) is 75.9 Å². The highest BCUT2D eigenvalue weighted by atomic mass is 16.2. The van der Waals surface area contributed by atoms with Crippen molar-refractivity contribution in [1.82, 2.24) is 25.5 Å². The quantitative estimate of drug-likeness (QED) is 0.644. The fourth-order valence-electron chi connectivity index (χ4n) is 3.48. The van der Waals surface area contributed by atoms with Crippen molar-refractivity contribution in [3.05, 3.63) is 89.5 Å². The Labute approximate surface area is 175 Å². The van der Waals surface area contributed by atoms with Crippen molar-refractivity contribution in [2.24, 2.45) is 0 Å². The summed E-state index contributed by atoms with van der Waals surface area (Å²) in [5.74, 6) is 0.406. The van der Waals surface area contributed by atoms with Gasteiger partial charge in [0.2, 0.25) is 5.91 Å². The van der Waals surface area contributed by atoms with Crippen LogP contribution in [0.3, 0.4) is 0 Å². The van der Waals surface area contributed by atoms with Crippen molar-refractivity contribution >= 4 is 17.6 Å². The second-order valence-electron chi connectivity index (χ2n) is 7.38. The predicted octanol–water partition coefficient (Wildman–Crippen LogP) is 3.04. The predicted molar refractivity (Wildman–Crippen MR) is 117 cm³/mol. The Bertz CT molecular complexity index is 1080. The lowest BCUT2D eigenvalue weighted by molar-refractivity contribution is -0.119. The fraction of sp³-hybridized carbons (Fsp3) is 0.217. The van der Waals surface area contributed by atoms with Crippen LogP contribution in [0.4, 0.5) is 5.95 Å². The third-order valence-electron chi connectivity index (χ3n) is 5.10. The average molecular weight is 400 g/mol. The maximum atomic E-state index is 12.5. The summed E-state index contributed by atoms with van der Waals surface area (Å²) in [6.45, 7) is 8.28. The van der Waals surface area contributed by atoms with Crippen molar-refractivity contribution < 1.29 is 4.79 Å². The zero-order chi connectivity index (χ0) is 21.1. The number of aromatic nitrogens is 4. The lowest BCUT2D eigenvalue weighted by atomic mass is 9.99. The van der Waals surface area contributed by atoms with Crippen LogP contribution in [-0.2, 0) is 4.79 Å². The van der Waals surface area contributed by atoms with Gasteiger partial charge in [0, 0.05) is 6.54 Å². The van der Waals surface area contributed by atoms with Crippen molar-refractivity contribution in [1.29, 1.82) is 0 Å². The van der Waals surface area contributed by atoms with Crippen molar-refractivity contribution in [3.8, 4) is 0 Å². The first-order valence-electron chi connectivity index (χ1n) is 9.85. The molecule has 0 aliphatic carbocycles. The number of rotatable bonds is 6. The van der Waals surface area contributed by atoms with E-state index in [0.29, 0.717) is 12.5 Å². The van der Waals surface area contributed by atoms with E-state index >= 15 is 0 Å². The Hall–Kier alpha value is -3.74. The van der Waals surface area contributed by atoms with E-state index in [1.54, 1.807) is 10.8 Å². The molecule has 1 amide bonds. The second-order valence-corrected chi connectivity index (χ2v) is 7.38. The number of hydrogen-bond acceptors (Lipinski definition) is 5. The van der Waals surface area contributed by atoms with Gasteiger partial charge in [-0.25, -0.2) is 0 Å². The molecule has 3 aromatic rings. The molecular formula is C23H24N6O. The van der Waals surface area contributed by atoms with Gasteiger partial charge in [-0.3, -0.25) is 9.69 Å². The lowest BCUT2D eigenvalue weighted by Gasteiger charge is -2.32. The Morgan fingerprint density at radius 3 is 2.43 bits per heavy atom. The molecule has 0 saturated carbocycles. The molecule has 152 valence electrons. The molecule has 1 aliphatic rings. The third-order valence-corrected chi connectivity index (χ3v) is 5.10. The molecule has 0 fully saturated rings.